The first-order valence-electron chi connectivity index (χ1n) is 3.67. The van der Waals surface area contributed by atoms with Crippen molar-refractivity contribution < 1.29 is 9.47 Å². The van der Waals surface area contributed by atoms with Gasteiger partial charge in [0.25, 0.3) is 5.95 Å². The fourth-order valence-corrected chi connectivity index (χ4v) is 1.10. The molecule has 0 aliphatic carbocycles. The molecule has 0 fully saturated rings. The normalized spacial score (nSPS) is 18.4. The van der Waals surface area contributed by atoms with Gasteiger partial charge in [-0.15, -0.1) is 0 Å². The summed E-state index contributed by atoms with van der Waals surface area (Å²) >= 11 is 0. The summed E-state index contributed by atoms with van der Waals surface area (Å²) in [4.78, 5) is 0. The van der Waals surface area contributed by atoms with Crippen molar-refractivity contribution in [1.82, 2.24) is 0 Å². The van der Waals surface area contributed by atoms with Crippen molar-refractivity contribution >= 4 is 0 Å². The molecule has 0 atom stereocenters. The van der Waals surface area contributed by atoms with Crippen molar-refractivity contribution in [3.8, 4) is 0 Å². The molecule has 0 saturated carbocycles. The van der Waals surface area contributed by atoms with Crippen LogP contribution in [-0.4, -0.2) is 0 Å². The third-order valence-electron chi connectivity index (χ3n) is 1.48. The van der Waals surface area contributed by atoms with E-state index in [0.717, 1.165) is 11.5 Å². The third-order valence-corrected chi connectivity index (χ3v) is 1.48. The SMILES string of the molecule is C=C1OC(C)=C(C(C)(C)C)O1. The number of rotatable bonds is 0. The summed E-state index contributed by atoms with van der Waals surface area (Å²) in [5.41, 5.74) is 0.00350. The first-order chi connectivity index (χ1) is 4.91. The van der Waals surface area contributed by atoms with Gasteiger partial charge in [0.15, 0.2) is 5.76 Å². The maximum atomic E-state index is 5.30. The monoisotopic (exact) mass is 154 g/mol. The van der Waals surface area contributed by atoms with E-state index >= 15 is 0 Å². The van der Waals surface area contributed by atoms with Crippen LogP contribution in [0.15, 0.2) is 24.0 Å². The Morgan fingerprint density at radius 3 is 1.91 bits per heavy atom. The Labute approximate surface area is 67.5 Å². The molecule has 0 aromatic rings. The molecule has 2 nitrogen and oxygen atoms in total. The van der Waals surface area contributed by atoms with Crippen molar-refractivity contribution in [3.63, 3.8) is 0 Å². The molecule has 1 aliphatic heterocycles. The quantitative estimate of drug-likeness (QED) is 0.534. The maximum Gasteiger partial charge on any atom is 0.282 e. The van der Waals surface area contributed by atoms with Crippen LogP contribution in [0, 0.1) is 5.41 Å². The van der Waals surface area contributed by atoms with Crippen LogP contribution in [0.2, 0.25) is 0 Å². The number of hydrogen-bond donors (Lipinski definition) is 0. The first kappa shape index (κ1) is 8.18. The highest BCUT2D eigenvalue weighted by atomic mass is 16.7. The summed E-state index contributed by atoms with van der Waals surface area (Å²) in [6.07, 6.45) is 0. The van der Waals surface area contributed by atoms with Crippen molar-refractivity contribution in [3.05, 3.63) is 24.0 Å². The lowest BCUT2D eigenvalue weighted by molar-refractivity contribution is 0.156. The second kappa shape index (κ2) is 2.29. The summed E-state index contributed by atoms with van der Waals surface area (Å²) in [5, 5.41) is 0. The molecular formula is C9H14O2. The minimum absolute atomic E-state index is 0.00350. The van der Waals surface area contributed by atoms with Gasteiger partial charge in [-0.2, -0.15) is 0 Å². The van der Waals surface area contributed by atoms with Crippen LogP contribution in [0.3, 0.4) is 0 Å². The van der Waals surface area contributed by atoms with Crippen molar-refractivity contribution in [1.29, 1.82) is 0 Å². The molecule has 0 radical (unpaired) electrons. The van der Waals surface area contributed by atoms with Crippen LogP contribution in [0.1, 0.15) is 27.7 Å². The molecule has 62 valence electrons. The Bertz CT molecular complexity index is 218. The fourth-order valence-electron chi connectivity index (χ4n) is 1.10. The minimum Gasteiger partial charge on any atom is -0.428 e. The standard InChI is InChI=1S/C9H14O2/c1-6-8(9(3,4)5)11-7(2)10-6/h2H2,1,3-5H3. The van der Waals surface area contributed by atoms with E-state index in [0.29, 0.717) is 5.95 Å². The zero-order valence-electron chi connectivity index (χ0n) is 7.52. The van der Waals surface area contributed by atoms with Gasteiger partial charge in [0.1, 0.15) is 5.76 Å². The Kier molecular flexibility index (Phi) is 1.70. The van der Waals surface area contributed by atoms with Gasteiger partial charge in [-0.25, -0.2) is 0 Å². The highest BCUT2D eigenvalue weighted by Gasteiger charge is 2.28. The molecule has 0 saturated heterocycles. The summed E-state index contributed by atoms with van der Waals surface area (Å²) < 4.78 is 10.5. The first-order valence-corrected chi connectivity index (χ1v) is 3.67. The lowest BCUT2D eigenvalue weighted by Gasteiger charge is -2.17. The zero-order chi connectivity index (χ0) is 8.65. The number of ether oxygens (including phenoxy) is 2. The number of allylic oxidation sites excluding steroid dienone is 2. The summed E-state index contributed by atoms with van der Waals surface area (Å²) in [5.74, 6) is 2.08. The van der Waals surface area contributed by atoms with E-state index in [4.69, 9.17) is 9.47 Å². The van der Waals surface area contributed by atoms with E-state index in [9.17, 15) is 0 Å². The Hall–Kier alpha value is -0.920. The molecule has 0 N–H and O–H groups in total. The van der Waals surface area contributed by atoms with E-state index in [-0.39, 0.29) is 5.41 Å². The Morgan fingerprint density at radius 2 is 1.73 bits per heavy atom. The maximum absolute atomic E-state index is 5.30. The van der Waals surface area contributed by atoms with Gasteiger partial charge in [-0.3, -0.25) is 0 Å². The van der Waals surface area contributed by atoms with Crippen LogP contribution < -0.4 is 0 Å². The minimum atomic E-state index is 0.00350. The zero-order valence-corrected chi connectivity index (χ0v) is 7.52. The lowest BCUT2D eigenvalue weighted by Crippen LogP contribution is -2.10. The second-order valence-corrected chi connectivity index (χ2v) is 3.71. The van der Waals surface area contributed by atoms with Crippen LogP contribution in [0.4, 0.5) is 0 Å². The van der Waals surface area contributed by atoms with Crippen molar-refractivity contribution in [2.24, 2.45) is 5.41 Å². The van der Waals surface area contributed by atoms with Gasteiger partial charge < -0.3 is 9.47 Å². The molecule has 0 unspecified atom stereocenters. The molecule has 1 aliphatic rings. The Balaban J connectivity index is 2.89. The van der Waals surface area contributed by atoms with Crippen LogP contribution in [0.5, 0.6) is 0 Å². The Morgan fingerprint density at radius 1 is 1.18 bits per heavy atom. The van der Waals surface area contributed by atoms with E-state index < -0.39 is 0 Å². The third kappa shape index (κ3) is 1.56. The largest absolute Gasteiger partial charge is 0.428 e. The average molecular weight is 154 g/mol. The highest BCUT2D eigenvalue weighted by molar-refractivity contribution is 5.14. The second-order valence-electron chi connectivity index (χ2n) is 3.71. The molecule has 0 aromatic heterocycles. The summed E-state index contributed by atoms with van der Waals surface area (Å²) in [7, 11) is 0. The summed E-state index contributed by atoms with van der Waals surface area (Å²) in [6, 6.07) is 0. The van der Waals surface area contributed by atoms with Crippen molar-refractivity contribution in [2.45, 2.75) is 27.7 Å². The molecule has 0 amide bonds. The molecule has 2 heteroatoms. The lowest BCUT2D eigenvalue weighted by atomic mass is 9.93. The predicted octanol–water partition coefficient (Wildman–Crippen LogP) is 2.78. The number of hydrogen-bond acceptors (Lipinski definition) is 2. The van der Waals surface area contributed by atoms with Gasteiger partial charge in [0.05, 0.1) is 0 Å². The van der Waals surface area contributed by atoms with E-state index in [1.54, 1.807) is 0 Å². The van der Waals surface area contributed by atoms with Crippen LogP contribution in [0.25, 0.3) is 0 Å². The molecule has 0 spiro atoms. The summed E-state index contributed by atoms with van der Waals surface area (Å²) in [6.45, 7) is 11.7. The molecular weight excluding hydrogens is 140 g/mol. The molecule has 1 heterocycles. The predicted molar refractivity (Wildman–Crippen MR) is 43.5 cm³/mol. The van der Waals surface area contributed by atoms with Gasteiger partial charge in [0, 0.05) is 5.41 Å². The van der Waals surface area contributed by atoms with Crippen LogP contribution >= 0.6 is 0 Å². The van der Waals surface area contributed by atoms with Crippen LogP contribution in [-0.2, 0) is 9.47 Å². The highest BCUT2D eigenvalue weighted by Crippen LogP contribution is 2.36. The topological polar surface area (TPSA) is 18.5 Å². The average Bonchev–Trinajstić information content (AvgIpc) is 2.08. The smallest absolute Gasteiger partial charge is 0.282 e. The fraction of sp³-hybridized carbons (Fsp3) is 0.556. The van der Waals surface area contributed by atoms with E-state index in [1.165, 1.54) is 0 Å². The molecule has 11 heavy (non-hydrogen) atoms. The van der Waals surface area contributed by atoms with Gasteiger partial charge in [-0.1, -0.05) is 20.8 Å². The van der Waals surface area contributed by atoms with Gasteiger partial charge >= 0.3 is 0 Å². The van der Waals surface area contributed by atoms with Gasteiger partial charge in [-0.05, 0) is 13.5 Å². The van der Waals surface area contributed by atoms with Gasteiger partial charge in [0.2, 0.25) is 0 Å². The molecule has 0 aromatic carbocycles. The van der Waals surface area contributed by atoms with E-state index in [1.807, 2.05) is 6.92 Å². The molecule has 0 bridgehead atoms. The molecule has 1 rings (SSSR count). The van der Waals surface area contributed by atoms with Crippen molar-refractivity contribution in [2.75, 3.05) is 0 Å². The van der Waals surface area contributed by atoms with E-state index in [2.05, 4.69) is 27.4 Å².